The van der Waals surface area contributed by atoms with Gasteiger partial charge < -0.3 is 20.7 Å². The zero-order chi connectivity index (χ0) is 19.1. The van der Waals surface area contributed by atoms with Crippen LogP contribution < -0.4 is 16.0 Å². The molecule has 0 amide bonds. The van der Waals surface area contributed by atoms with Gasteiger partial charge in [0.25, 0.3) is 0 Å². The van der Waals surface area contributed by atoms with E-state index in [-0.39, 0.29) is 12.5 Å². The number of hydrogen-bond donors (Lipinski definition) is 2. The van der Waals surface area contributed by atoms with Crippen molar-refractivity contribution in [2.75, 3.05) is 64.4 Å². The fourth-order valence-corrected chi connectivity index (χ4v) is 3.88. The number of esters is 1. The molecule has 0 spiro atoms. The van der Waals surface area contributed by atoms with Gasteiger partial charge in [-0.1, -0.05) is 11.8 Å². The minimum Gasteiger partial charge on any atom is -0.465 e. The molecule has 0 unspecified atom stereocenters. The number of nitrogens with zero attached hydrogens (tertiary/aromatic N) is 2. The maximum absolute atomic E-state index is 12.0. The summed E-state index contributed by atoms with van der Waals surface area (Å²) in [6.45, 7) is 7.93. The van der Waals surface area contributed by atoms with Crippen LogP contribution in [0.2, 0.25) is 0 Å². The summed E-state index contributed by atoms with van der Waals surface area (Å²) in [6, 6.07) is 5.78. The monoisotopic (exact) mass is 370 g/mol. The van der Waals surface area contributed by atoms with Crippen molar-refractivity contribution in [3.8, 4) is 11.8 Å². The van der Waals surface area contributed by atoms with Crippen molar-refractivity contribution in [2.24, 2.45) is 11.7 Å². The van der Waals surface area contributed by atoms with Crippen LogP contribution in [0.4, 0.5) is 5.69 Å². The number of nitrogens with two attached hydrogens (primary N) is 1. The van der Waals surface area contributed by atoms with E-state index in [1.807, 2.05) is 18.2 Å². The Morgan fingerprint density at radius 2 is 2.00 bits per heavy atom. The highest BCUT2D eigenvalue weighted by atomic mass is 16.5. The van der Waals surface area contributed by atoms with E-state index in [1.165, 1.54) is 26.5 Å². The highest BCUT2D eigenvalue weighted by Crippen LogP contribution is 2.22. The zero-order valence-electron chi connectivity index (χ0n) is 16.2. The molecule has 3 rings (SSSR count). The summed E-state index contributed by atoms with van der Waals surface area (Å²) in [5.74, 6) is 6.32. The molecular weight excluding hydrogens is 340 g/mol. The van der Waals surface area contributed by atoms with Gasteiger partial charge in [-0.25, -0.2) is 4.79 Å². The van der Waals surface area contributed by atoms with Gasteiger partial charge in [0.05, 0.1) is 19.2 Å². The van der Waals surface area contributed by atoms with E-state index in [0.29, 0.717) is 11.1 Å². The van der Waals surface area contributed by atoms with E-state index in [9.17, 15) is 4.79 Å². The molecule has 146 valence electrons. The summed E-state index contributed by atoms with van der Waals surface area (Å²) in [5, 5.41) is 3.44. The molecule has 2 aliphatic rings. The van der Waals surface area contributed by atoms with Crippen molar-refractivity contribution in [3.63, 3.8) is 0 Å². The Balaban J connectivity index is 1.64. The fourth-order valence-electron chi connectivity index (χ4n) is 3.88. The molecule has 1 aromatic carbocycles. The van der Waals surface area contributed by atoms with Crippen molar-refractivity contribution >= 4 is 11.7 Å². The van der Waals surface area contributed by atoms with Crippen LogP contribution in [0.15, 0.2) is 18.2 Å². The number of benzene rings is 1. The van der Waals surface area contributed by atoms with Crippen LogP contribution in [0, 0.1) is 17.8 Å². The van der Waals surface area contributed by atoms with E-state index in [1.54, 1.807) is 0 Å². The fraction of sp³-hybridized carbons (Fsp3) is 0.571. The number of methoxy groups -OCH3 is 1. The minimum atomic E-state index is -0.366. The van der Waals surface area contributed by atoms with Gasteiger partial charge in [0.15, 0.2) is 0 Å². The first-order valence-corrected chi connectivity index (χ1v) is 9.80. The smallest absolute Gasteiger partial charge is 0.339 e. The van der Waals surface area contributed by atoms with Gasteiger partial charge in [-0.3, -0.25) is 4.90 Å². The first-order chi connectivity index (χ1) is 13.2. The number of piperidine rings is 1. The van der Waals surface area contributed by atoms with E-state index in [2.05, 4.69) is 27.0 Å². The van der Waals surface area contributed by atoms with Crippen LogP contribution in [0.25, 0.3) is 0 Å². The predicted molar refractivity (Wildman–Crippen MR) is 108 cm³/mol. The maximum Gasteiger partial charge on any atom is 0.339 e. The molecule has 0 atom stereocenters. The molecular formula is C21H30N4O2. The third-order valence-electron chi connectivity index (χ3n) is 5.45. The third-order valence-corrected chi connectivity index (χ3v) is 5.45. The van der Waals surface area contributed by atoms with E-state index >= 15 is 0 Å². The number of ether oxygens (including phenoxy) is 1. The lowest BCUT2D eigenvalue weighted by Crippen LogP contribution is -2.48. The summed E-state index contributed by atoms with van der Waals surface area (Å²) < 4.78 is 4.87. The second-order valence-corrected chi connectivity index (χ2v) is 7.21. The number of carbonyl (C=O) groups excluding carboxylic acids is 1. The first-order valence-electron chi connectivity index (χ1n) is 9.80. The Morgan fingerprint density at radius 1 is 1.26 bits per heavy atom. The molecule has 2 aliphatic heterocycles. The average molecular weight is 370 g/mol. The van der Waals surface area contributed by atoms with E-state index < -0.39 is 0 Å². The number of piperazine rings is 1. The Labute approximate surface area is 162 Å². The second-order valence-electron chi connectivity index (χ2n) is 7.21. The van der Waals surface area contributed by atoms with Gasteiger partial charge in [0, 0.05) is 44.0 Å². The summed E-state index contributed by atoms with van der Waals surface area (Å²) in [4.78, 5) is 16.9. The molecule has 0 aliphatic carbocycles. The Kier molecular flexibility index (Phi) is 7.11. The SMILES string of the molecule is COC(=O)c1ccc(N2CCN(CC3CCNCC3)CC2)cc1C#CCN. The number of anilines is 1. The Bertz CT molecular complexity index is 696. The zero-order valence-corrected chi connectivity index (χ0v) is 16.2. The standard InChI is InChI=1S/C21H30N4O2/c1-27-21(26)20-5-4-19(15-18(20)3-2-8-22)25-13-11-24(12-14-25)16-17-6-9-23-10-7-17/h4-5,15,17,23H,6-14,16,22H2,1H3. The predicted octanol–water partition coefficient (Wildman–Crippen LogP) is 0.905. The van der Waals surface area contributed by atoms with Crippen molar-refractivity contribution in [2.45, 2.75) is 12.8 Å². The highest BCUT2D eigenvalue weighted by molar-refractivity contribution is 5.93. The maximum atomic E-state index is 12.0. The highest BCUT2D eigenvalue weighted by Gasteiger charge is 2.22. The normalized spacial score (nSPS) is 18.7. The lowest BCUT2D eigenvalue weighted by atomic mass is 9.97. The van der Waals surface area contributed by atoms with E-state index in [4.69, 9.17) is 10.5 Å². The van der Waals surface area contributed by atoms with Crippen molar-refractivity contribution in [1.82, 2.24) is 10.2 Å². The van der Waals surface area contributed by atoms with E-state index in [0.717, 1.165) is 50.9 Å². The largest absolute Gasteiger partial charge is 0.465 e. The molecule has 6 nitrogen and oxygen atoms in total. The van der Waals surface area contributed by atoms with Gasteiger partial charge in [0.2, 0.25) is 0 Å². The van der Waals surface area contributed by atoms with Crippen LogP contribution in [0.1, 0.15) is 28.8 Å². The second kappa shape index (κ2) is 9.75. The molecule has 6 heteroatoms. The topological polar surface area (TPSA) is 70.8 Å². The van der Waals surface area contributed by atoms with Gasteiger partial charge in [0.1, 0.15) is 0 Å². The molecule has 27 heavy (non-hydrogen) atoms. The quantitative estimate of drug-likeness (QED) is 0.606. The molecule has 0 aromatic heterocycles. The van der Waals surface area contributed by atoms with Crippen LogP contribution in [-0.2, 0) is 4.74 Å². The Morgan fingerprint density at radius 3 is 2.67 bits per heavy atom. The summed E-state index contributed by atoms with van der Waals surface area (Å²) >= 11 is 0. The van der Waals surface area contributed by atoms with Crippen LogP contribution in [0.3, 0.4) is 0 Å². The van der Waals surface area contributed by atoms with Crippen LogP contribution in [0.5, 0.6) is 0 Å². The average Bonchev–Trinajstić information content (AvgIpc) is 2.73. The van der Waals surface area contributed by atoms with Crippen LogP contribution >= 0.6 is 0 Å². The Hall–Kier alpha value is -2.07. The molecule has 0 radical (unpaired) electrons. The summed E-state index contributed by atoms with van der Waals surface area (Å²) in [7, 11) is 1.39. The van der Waals surface area contributed by atoms with Crippen molar-refractivity contribution in [1.29, 1.82) is 0 Å². The molecule has 3 N–H and O–H groups in total. The molecule has 2 heterocycles. The van der Waals surface area contributed by atoms with Crippen molar-refractivity contribution < 1.29 is 9.53 Å². The first kappa shape index (κ1) is 19.7. The lowest BCUT2D eigenvalue weighted by Gasteiger charge is -2.38. The molecule has 0 saturated carbocycles. The summed E-state index contributed by atoms with van der Waals surface area (Å²) in [5.41, 5.74) is 7.78. The number of nitrogens with one attached hydrogen (secondary N) is 1. The molecule has 2 fully saturated rings. The molecule has 2 saturated heterocycles. The van der Waals surface area contributed by atoms with Crippen LogP contribution in [-0.4, -0.2) is 70.3 Å². The molecule has 0 bridgehead atoms. The third kappa shape index (κ3) is 5.23. The lowest BCUT2D eigenvalue weighted by molar-refractivity contribution is 0.0600. The van der Waals surface area contributed by atoms with Gasteiger partial charge in [-0.05, 0) is 50.0 Å². The number of carbonyl (C=O) groups is 1. The molecule has 1 aromatic rings. The van der Waals surface area contributed by atoms with Gasteiger partial charge in [-0.15, -0.1) is 0 Å². The number of rotatable bonds is 4. The minimum absolute atomic E-state index is 0.264. The summed E-state index contributed by atoms with van der Waals surface area (Å²) in [6.07, 6.45) is 2.58. The van der Waals surface area contributed by atoms with Crippen molar-refractivity contribution in [3.05, 3.63) is 29.3 Å². The number of hydrogen-bond acceptors (Lipinski definition) is 6. The van der Waals surface area contributed by atoms with Gasteiger partial charge >= 0.3 is 5.97 Å². The van der Waals surface area contributed by atoms with Gasteiger partial charge in [-0.2, -0.15) is 0 Å².